The van der Waals surface area contributed by atoms with E-state index < -0.39 is 0 Å². The summed E-state index contributed by atoms with van der Waals surface area (Å²) in [5.74, 6) is 0. The van der Waals surface area contributed by atoms with Crippen molar-refractivity contribution in [2.75, 3.05) is 0 Å². The summed E-state index contributed by atoms with van der Waals surface area (Å²) >= 11 is 4.66. The van der Waals surface area contributed by atoms with E-state index in [9.17, 15) is 0 Å². The van der Waals surface area contributed by atoms with Crippen LogP contribution in [-0.2, 0) is 0 Å². The van der Waals surface area contributed by atoms with E-state index in [0.717, 1.165) is 12.8 Å². The molecule has 0 radical (unpaired) electrons. The topological polar surface area (TPSA) is 0 Å². The fraction of sp³-hybridized carbons (Fsp3) is 0.571. The first-order valence-electron chi connectivity index (χ1n) is 5.76. The van der Waals surface area contributed by atoms with Crippen molar-refractivity contribution in [1.82, 2.24) is 0 Å². The molecule has 0 aliphatic carbocycles. The zero-order valence-corrected chi connectivity index (χ0v) is 11.8. The molecule has 1 unspecified atom stereocenters. The number of hydrogen-bond donors (Lipinski definition) is 1. The molecule has 0 aliphatic heterocycles. The van der Waals surface area contributed by atoms with Crippen molar-refractivity contribution >= 4 is 12.6 Å². The highest BCUT2D eigenvalue weighted by Gasteiger charge is 2.20. The van der Waals surface area contributed by atoms with Gasteiger partial charge in [-0.25, -0.2) is 0 Å². The standard InChI is InChI=1S/C12H20S.C2H6/c1-5-8-11(9-6-2)12(4,13)10-7-3;1-2/h5-6,8-9,13H,1,7,10H2,2-4H3;1-2H3/b9-6-,11-8+;. The molecule has 15 heavy (non-hydrogen) atoms. The monoisotopic (exact) mass is 226 g/mol. The molecule has 0 heterocycles. The number of allylic oxidation sites excluding steroid dienone is 4. The van der Waals surface area contributed by atoms with Crippen molar-refractivity contribution in [3.63, 3.8) is 0 Å². The van der Waals surface area contributed by atoms with Crippen LogP contribution in [0.2, 0.25) is 0 Å². The second-order valence-corrected chi connectivity index (χ2v) is 4.37. The van der Waals surface area contributed by atoms with E-state index in [2.05, 4.69) is 39.1 Å². The summed E-state index contributed by atoms with van der Waals surface area (Å²) in [6, 6.07) is 0. The largest absolute Gasteiger partial charge is 0.168 e. The van der Waals surface area contributed by atoms with Gasteiger partial charge in [0.15, 0.2) is 0 Å². The third-order valence-electron chi connectivity index (χ3n) is 2.00. The van der Waals surface area contributed by atoms with Gasteiger partial charge in [-0.15, -0.1) is 0 Å². The van der Waals surface area contributed by atoms with E-state index in [-0.39, 0.29) is 4.75 Å². The molecule has 0 saturated heterocycles. The van der Waals surface area contributed by atoms with Gasteiger partial charge < -0.3 is 0 Å². The lowest BCUT2D eigenvalue weighted by Gasteiger charge is -2.24. The first kappa shape index (κ1) is 17.0. The van der Waals surface area contributed by atoms with Gasteiger partial charge in [0.2, 0.25) is 0 Å². The van der Waals surface area contributed by atoms with Crippen LogP contribution in [0.5, 0.6) is 0 Å². The molecule has 0 aromatic carbocycles. The van der Waals surface area contributed by atoms with Gasteiger partial charge in [0.05, 0.1) is 0 Å². The molecule has 0 fully saturated rings. The highest BCUT2D eigenvalue weighted by atomic mass is 32.1. The Balaban J connectivity index is 0. The maximum Gasteiger partial charge on any atom is 0.0350 e. The molecule has 0 bridgehead atoms. The lowest BCUT2D eigenvalue weighted by molar-refractivity contribution is 0.665. The van der Waals surface area contributed by atoms with E-state index in [1.807, 2.05) is 39.0 Å². The smallest absolute Gasteiger partial charge is 0.0350 e. The molecular weight excluding hydrogens is 200 g/mol. The predicted molar refractivity (Wildman–Crippen MR) is 76.7 cm³/mol. The summed E-state index contributed by atoms with van der Waals surface area (Å²) in [5, 5.41) is 0. The fourth-order valence-electron chi connectivity index (χ4n) is 1.35. The Labute approximate surface area is 102 Å². The van der Waals surface area contributed by atoms with Gasteiger partial charge in [0.25, 0.3) is 0 Å². The van der Waals surface area contributed by atoms with Gasteiger partial charge in [-0.1, -0.05) is 58.1 Å². The summed E-state index contributed by atoms with van der Waals surface area (Å²) < 4.78 is -0.0323. The van der Waals surface area contributed by atoms with Crippen LogP contribution in [-0.4, -0.2) is 4.75 Å². The molecule has 0 amide bonds. The van der Waals surface area contributed by atoms with Crippen LogP contribution in [0.3, 0.4) is 0 Å². The average molecular weight is 226 g/mol. The zero-order chi connectivity index (χ0) is 12.3. The normalized spacial score (nSPS) is 15.5. The molecule has 88 valence electrons. The molecule has 0 N–H and O–H groups in total. The maximum absolute atomic E-state index is 4.66. The van der Waals surface area contributed by atoms with Crippen molar-refractivity contribution in [2.24, 2.45) is 0 Å². The molecular formula is C14H26S. The molecule has 0 aromatic rings. The lowest BCUT2D eigenvalue weighted by atomic mass is 9.94. The summed E-state index contributed by atoms with van der Waals surface area (Å²) in [6.45, 7) is 14.1. The van der Waals surface area contributed by atoms with Crippen molar-refractivity contribution in [3.8, 4) is 0 Å². The second kappa shape index (κ2) is 10.1. The molecule has 1 atom stereocenters. The van der Waals surface area contributed by atoms with Crippen LogP contribution < -0.4 is 0 Å². The summed E-state index contributed by atoms with van der Waals surface area (Å²) in [7, 11) is 0. The predicted octanol–water partition coefficient (Wildman–Crippen LogP) is 5.19. The maximum atomic E-state index is 4.66. The average Bonchev–Trinajstić information content (AvgIpc) is 2.20. The molecule has 0 saturated carbocycles. The Morgan fingerprint density at radius 1 is 1.40 bits per heavy atom. The third kappa shape index (κ3) is 7.49. The minimum atomic E-state index is -0.0323. The first-order valence-corrected chi connectivity index (χ1v) is 6.21. The van der Waals surface area contributed by atoms with E-state index >= 15 is 0 Å². The van der Waals surface area contributed by atoms with Gasteiger partial charge in [-0.3, -0.25) is 0 Å². The Kier molecular flexibility index (Phi) is 11.4. The van der Waals surface area contributed by atoms with Gasteiger partial charge in [-0.05, 0) is 25.8 Å². The summed E-state index contributed by atoms with van der Waals surface area (Å²) in [4.78, 5) is 0. The van der Waals surface area contributed by atoms with Crippen molar-refractivity contribution in [2.45, 2.75) is 52.2 Å². The summed E-state index contributed by atoms with van der Waals surface area (Å²) in [6.07, 6.45) is 10.2. The highest BCUT2D eigenvalue weighted by molar-refractivity contribution is 7.82. The fourth-order valence-corrected chi connectivity index (χ4v) is 1.72. The molecule has 0 rings (SSSR count). The molecule has 0 aliphatic rings. The van der Waals surface area contributed by atoms with E-state index in [0.29, 0.717) is 0 Å². The Morgan fingerprint density at radius 3 is 2.27 bits per heavy atom. The molecule has 0 aromatic heterocycles. The Morgan fingerprint density at radius 2 is 1.93 bits per heavy atom. The van der Waals surface area contributed by atoms with Crippen LogP contribution in [0.25, 0.3) is 0 Å². The van der Waals surface area contributed by atoms with Crippen molar-refractivity contribution in [3.05, 3.63) is 36.5 Å². The Hall–Kier alpha value is -0.430. The van der Waals surface area contributed by atoms with Gasteiger partial charge in [0.1, 0.15) is 0 Å². The summed E-state index contributed by atoms with van der Waals surface area (Å²) in [5.41, 5.74) is 1.23. The molecule has 0 nitrogen and oxygen atoms in total. The van der Waals surface area contributed by atoms with Crippen LogP contribution >= 0.6 is 12.6 Å². The van der Waals surface area contributed by atoms with E-state index in [1.54, 1.807) is 0 Å². The van der Waals surface area contributed by atoms with Crippen molar-refractivity contribution < 1.29 is 0 Å². The highest BCUT2D eigenvalue weighted by Crippen LogP contribution is 2.30. The van der Waals surface area contributed by atoms with Crippen LogP contribution in [0.15, 0.2) is 36.5 Å². The number of hydrogen-bond acceptors (Lipinski definition) is 1. The minimum absolute atomic E-state index is 0.0323. The first-order chi connectivity index (χ1) is 7.08. The van der Waals surface area contributed by atoms with Gasteiger partial charge in [-0.2, -0.15) is 12.6 Å². The molecule has 0 spiro atoms. The lowest BCUT2D eigenvalue weighted by Crippen LogP contribution is -2.18. The molecule has 1 heteroatoms. The Bertz CT molecular complexity index is 209. The van der Waals surface area contributed by atoms with Gasteiger partial charge in [0, 0.05) is 4.75 Å². The number of thiol groups is 1. The van der Waals surface area contributed by atoms with E-state index in [1.165, 1.54) is 5.57 Å². The van der Waals surface area contributed by atoms with Gasteiger partial charge >= 0.3 is 0 Å². The quantitative estimate of drug-likeness (QED) is 0.484. The van der Waals surface area contributed by atoms with Crippen LogP contribution in [0.1, 0.15) is 47.5 Å². The van der Waals surface area contributed by atoms with Crippen molar-refractivity contribution in [1.29, 1.82) is 0 Å². The van der Waals surface area contributed by atoms with Crippen LogP contribution in [0.4, 0.5) is 0 Å². The zero-order valence-electron chi connectivity index (χ0n) is 10.9. The SMILES string of the molecule is C=C/C=C(\C=C/C)C(C)(S)CCC.CC. The third-order valence-corrected chi connectivity index (χ3v) is 2.48. The second-order valence-electron chi connectivity index (χ2n) is 3.38. The minimum Gasteiger partial charge on any atom is -0.168 e. The van der Waals surface area contributed by atoms with E-state index in [4.69, 9.17) is 0 Å². The van der Waals surface area contributed by atoms with Crippen LogP contribution in [0, 0.1) is 0 Å². The number of rotatable bonds is 5.